The van der Waals surface area contributed by atoms with E-state index >= 15 is 0 Å². The van der Waals surface area contributed by atoms with Gasteiger partial charge in [-0.15, -0.1) is 0 Å². The minimum absolute atomic E-state index is 0.138. The van der Waals surface area contributed by atoms with E-state index in [4.69, 9.17) is 0 Å². The Morgan fingerprint density at radius 1 is 0.839 bits per heavy atom. The van der Waals surface area contributed by atoms with E-state index in [1.165, 1.54) is 82.6 Å². The Labute approximate surface area is 189 Å². The normalized spacial score (nSPS) is 18.9. The lowest BCUT2D eigenvalue weighted by molar-refractivity contribution is 0.308. The quantitative estimate of drug-likeness (QED) is 0.310. The van der Waals surface area contributed by atoms with Crippen molar-refractivity contribution in [2.45, 2.75) is 110 Å². The highest BCUT2D eigenvalue weighted by Crippen LogP contribution is 2.37. The molecular weight excluding hydrogens is 381 g/mol. The summed E-state index contributed by atoms with van der Waals surface area (Å²) in [6.07, 6.45) is 19.9. The minimum atomic E-state index is -0.138. The first kappa shape index (κ1) is 24.0. The third-order valence-corrected chi connectivity index (χ3v) is 7.18. The molecule has 3 rings (SSSR count). The molecule has 170 valence electrons. The molecule has 0 atom stereocenters. The van der Waals surface area contributed by atoms with Crippen LogP contribution >= 0.6 is 0 Å². The topological polar surface area (TPSA) is 12.9 Å². The van der Waals surface area contributed by atoms with Crippen LogP contribution in [0.5, 0.6) is 0 Å². The van der Waals surface area contributed by atoms with Crippen molar-refractivity contribution < 1.29 is 4.39 Å². The summed E-state index contributed by atoms with van der Waals surface area (Å²) in [4.78, 5) is 4.64. The molecule has 0 saturated heterocycles. The molecule has 2 heteroatoms. The third kappa shape index (κ3) is 7.44. The van der Waals surface area contributed by atoms with Crippen molar-refractivity contribution in [2.24, 2.45) is 5.92 Å². The Kier molecular flexibility index (Phi) is 10.0. The number of hydrogen-bond acceptors (Lipinski definition) is 1. The van der Waals surface area contributed by atoms with E-state index in [1.54, 1.807) is 6.07 Å². The summed E-state index contributed by atoms with van der Waals surface area (Å²) in [7, 11) is 0. The van der Waals surface area contributed by atoms with Gasteiger partial charge >= 0.3 is 0 Å². The van der Waals surface area contributed by atoms with Crippen LogP contribution in [0.1, 0.15) is 114 Å². The molecular formula is C29H42FN. The van der Waals surface area contributed by atoms with Gasteiger partial charge in [0.2, 0.25) is 0 Å². The van der Waals surface area contributed by atoms with E-state index in [-0.39, 0.29) is 5.82 Å². The Morgan fingerprint density at radius 3 is 2.23 bits per heavy atom. The number of aryl methyl sites for hydroxylation is 1. The lowest BCUT2D eigenvalue weighted by atomic mass is 9.77. The predicted octanol–water partition coefficient (Wildman–Crippen LogP) is 9.25. The zero-order valence-electron chi connectivity index (χ0n) is 19.8. The third-order valence-electron chi connectivity index (χ3n) is 7.18. The van der Waals surface area contributed by atoms with Gasteiger partial charge in [-0.1, -0.05) is 77.3 Å². The van der Waals surface area contributed by atoms with Crippen LogP contribution in [0.3, 0.4) is 0 Å². The average molecular weight is 424 g/mol. The van der Waals surface area contributed by atoms with Crippen molar-refractivity contribution >= 4 is 0 Å². The van der Waals surface area contributed by atoms with E-state index < -0.39 is 0 Å². The number of nitrogens with zero attached hydrogens (tertiary/aromatic N) is 1. The summed E-state index contributed by atoms with van der Waals surface area (Å²) in [6, 6.07) is 9.92. The first-order valence-electron chi connectivity index (χ1n) is 13.0. The smallest absolute Gasteiger partial charge is 0.132 e. The summed E-state index contributed by atoms with van der Waals surface area (Å²) >= 11 is 0. The molecule has 1 heterocycles. The Bertz CT molecular complexity index is 759. The molecule has 1 aliphatic rings. The first-order chi connectivity index (χ1) is 15.2. The molecule has 1 nitrogen and oxygen atoms in total. The molecule has 1 aromatic carbocycles. The number of rotatable bonds is 12. The number of aromatic nitrogens is 1. The van der Waals surface area contributed by atoms with Crippen LogP contribution in [-0.4, -0.2) is 4.98 Å². The van der Waals surface area contributed by atoms with Gasteiger partial charge < -0.3 is 0 Å². The maximum absolute atomic E-state index is 14.8. The lowest BCUT2D eigenvalue weighted by Crippen LogP contribution is -2.13. The van der Waals surface area contributed by atoms with Gasteiger partial charge in [0.15, 0.2) is 0 Å². The molecule has 1 saturated carbocycles. The second-order valence-corrected chi connectivity index (χ2v) is 9.67. The molecule has 31 heavy (non-hydrogen) atoms. The Morgan fingerprint density at radius 2 is 1.58 bits per heavy atom. The number of benzene rings is 1. The van der Waals surface area contributed by atoms with Gasteiger partial charge in [0.05, 0.1) is 5.69 Å². The SMILES string of the molecule is CCCCCCCCCc1ccc(-c2ccc(C3CCC(CCC)CC3)cn2)c(F)c1. The van der Waals surface area contributed by atoms with Crippen LogP contribution in [0.15, 0.2) is 36.5 Å². The average Bonchev–Trinajstić information content (AvgIpc) is 2.80. The standard InChI is InChI=1S/C29H42FN/c1-3-5-6-7-8-9-10-12-24-15-19-27(28(30)21-24)29-20-18-26(22-31-29)25-16-13-23(11-4-2)14-17-25/h15,18-23,25H,3-14,16-17H2,1-2H3. The summed E-state index contributed by atoms with van der Waals surface area (Å²) < 4.78 is 14.8. The van der Waals surface area contributed by atoms with Crippen molar-refractivity contribution in [1.29, 1.82) is 0 Å². The van der Waals surface area contributed by atoms with Gasteiger partial charge in [0, 0.05) is 11.8 Å². The largest absolute Gasteiger partial charge is 0.256 e. The van der Waals surface area contributed by atoms with Gasteiger partial charge in [-0.2, -0.15) is 0 Å². The number of hydrogen-bond donors (Lipinski definition) is 0. The van der Waals surface area contributed by atoms with Crippen molar-refractivity contribution in [3.05, 3.63) is 53.5 Å². The molecule has 0 bridgehead atoms. The maximum atomic E-state index is 14.8. The number of unbranched alkanes of at least 4 members (excludes halogenated alkanes) is 6. The molecule has 0 aliphatic heterocycles. The summed E-state index contributed by atoms with van der Waals surface area (Å²) in [5.74, 6) is 1.41. The molecule has 2 aromatic rings. The summed E-state index contributed by atoms with van der Waals surface area (Å²) in [5, 5.41) is 0. The van der Waals surface area contributed by atoms with Crippen molar-refractivity contribution in [2.75, 3.05) is 0 Å². The van der Waals surface area contributed by atoms with Crippen molar-refractivity contribution in [1.82, 2.24) is 4.98 Å². The van der Waals surface area contributed by atoms with Gasteiger partial charge in [-0.3, -0.25) is 4.98 Å². The number of pyridine rings is 1. The molecule has 0 spiro atoms. The highest BCUT2D eigenvalue weighted by Gasteiger charge is 2.22. The summed E-state index contributed by atoms with van der Waals surface area (Å²) in [5.41, 5.74) is 3.81. The second-order valence-electron chi connectivity index (χ2n) is 9.67. The van der Waals surface area contributed by atoms with Crippen LogP contribution in [0.4, 0.5) is 4.39 Å². The van der Waals surface area contributed by atoms with Gasteiger partial charge in [-0.25, -0.2) is 4.39 Å². The maximum Gasteiger partial charge on any atom is 0.132 e. The zero-order valence-corrected chi connectivity index (χ0v) is 19.8. The fraction of sp³-hybridized carbons (Fsp3) is 0.621. The monoisotopic (exact) mass is 423 g/mol. The number of halogens is 1. The highest BCUT2D eigenvalue weighted by atomic mass is 19.1. The van der Waals surface area contributed by atoms with Crippen LogP contribution < -0.4 is 0 Å². The predicted molar refractivity (Wildman–Crippen MR) is 131 cm³/mol. The molecule has 0 unspecified atom stereocenters. The molecule has 1 aliphatic carbocycles. The highest BCUT2D eigenvalue weighted by molar-refractivity contribution is 5.60. The van der Waals surface area contributed by atoms with Gasteiger partial charge in [-0.05, 0) is 79.7 Å². The molecule has 0 amide bonds. The summed E-state index contributed by atoms with van der Waals surface area (Å²) in [6.45, 7) is 4.54. The minimum Gasteiger partial charge on any atom is -0.256 e. The van der Waals surface area contributed by atoms with E-state index in [9.17, 15) is 4.39 Å². The molecule has 1 fully saturated rings. The van der Waals surface area contributed by atoms with E-state index in [1.807, 2.05) is 18.3 Å². The van der Waals surface area contributed by atoms with Crippen LogP contribution in [-0.2, 0) is 6.42 Å². The van der Waals surface area contributed by atoms with Crippen LogP contribution in [0.2, 0.25) is 0 Å². The van der Waals surface area contributed by atoms with E-state index in [0.717, 1.165) is 30.0 Å². The fourth-order valence-corrected chi connectivity index (χ4v) is 5.21. The van der Waals surface area contributed by atoms with E-state index in [2.05, 4.69) is 31.0 Å². The van der Waals surface area contributed by atoms with Gasteiger partial charge in [0.1, 0.15) is 5.82 Å². The first-order valence-corrected chi connectivity index (χ1v) is 13.0. The molecule has 0 radical (unpaired) electrons. The van der Waals surface area contributed by atoms with Crippen LogP contribution in [0.25, 0.3) is 11.3 Å². The second kappa shape index (κ2) is 13.0. The Balaban J connectivity index is 1.50. The zero-order chi connectivity index (χ0) is 21.9. The lowest BCUT2D eigenvalue weighted by Gasteiger charge is -2.28. The molecule has 0 N–H and O–H groups in total. The fourth-order valence-electron chi connectivity index (χ4n) is 5.21. The van der Waals surface area contributed by atoms with Crippen molar-refractivity contribution in [3.8, 4) is 11.3 Å². The van der Waals surface area contributed by atoms with Crippen LogP contribution in [0, 0.1) is 11.7 Å². The van der Waals surface area contributed by atoms with Gasteiger partial charge in [0.25, 0.3) is 0 Å². The van der Waals surface area contributed by atoms with Crippen molar-refractivity contribution in [3.63, 3.8) is 0 Å². The van der Waals surface area contributed by atoms with E-state index in [0.29, 0.717) is 11.5 Å². The molecule has 1 aromatic heterocycles. The Hall–Kier alpha value is -1.70.